The van der Waals surface area contributed by atoms with Crippen molar-refractivity contribution in [1.82, 2.24) is 4.90 Å². The molecule has 1 N–H and O–H groups in total. The van der Waals surface area contributed by atoms with Crippen LogP contribution in [0.2, 0.25) is 0 Å². The van der Waals surface area contributed by atoms with Crippen LogP contribution >= 0.6 is 0 Å². The molecule has 0 saturated carbocycles. The summed E-state index contributed by atoms with van der Waals surface area (Å²) >= 11 is 0. The second-order valence-electron chi connectivity index (χ2n) is 6.68. The summed E-state index contributed by atoms with van der Waals surface area (Å²) in [7, 11) is 3.57. The van der Waals surface area contributed by atoms with Crippen molar-refractivity contribution in [2.75, 3.05) is 57.2 Å². The lowest BCUT2D eigenvalue weighted by Gasteiger charge is -2.31. The number of ether oxygens (including phenoxy) is 2. The molecule has 0 spiro atoms. The van der Waals surface area contributed by atoms with Crippen molar-refractivity contribution >= 4 is 17.3 Å². The molecule has 6 heteroatoms. The SMILES string of the molecule is COc1cccc(NC(=O)CN(C)Cc2ccccc2N2CCOCC2)c1. The number of carbonyl (C=O) groups is 1. The van der Waals surface area contributed by atoms with Gasteiger partial charge in [0.25, 0.3) is 0 Å². The Morgan fingerprint density at radius 1 is 1.19 bits per heavy atom. The fraction of sp³-hybridized carbons (Fsp3) is 0.381. The second-order valence-corrected chi connectivity index (χ2v) is 6.68. The number of hydrogen-bond donors (Lipinski definition) is 1. The number of amides is 1. The minimum absolute atomic E-state index is 0.0467. The monoisotopic (exact) mass is 369 g/mol. The molecule has 0 atom stereocenters. The molecule has 1 heterocycles. The zero-order chi connectivity index (χ0) is 19.1. The van der Waals surface area contributed by atoms with Crippen molar-refractivity contribution in [3.05, 3.63) is 54.1 Å². The number of morpholine rings is 1. The summed E-state index contributed by atoms with van der Waals surface area (Å²) < 4.78 is 10.6. The van der Waals surface area contributed by atoms with Crippen molar-refractivity contribution in [1.29, 1.82) is 0 Å². The number of hydrogen-bond acceptors (Lipinski definition) is 5. The molecule has 27 heavy (non-hydrogen) atoms. The molecule has 1 amide bonds. The first-order chi connectivity index (χ1) is 13.2. The van der Waals surface area contributed by atoms with E-state index in [1.807, 2.05) is 42.3 Å². The number of benzene rings is 2. The highest BCUT2D eigenvalue weighted by Crippen LogP contribution is 2.23. The lowest BCUT2D eigenvalue weighted by Crippen LogP contribution is -2.37. The number of methoxy groups -OCH3 is 1. The lowest BCUT2D eigenvalue weighted by molar-refractivity contribution is -0.117. The molecular formula is C21H27N3O3. The van der Waals surface area contributed by atoms with Crippen molar-refractivity contribution in [3.8, 4) is 5.75 Å². The van der Waals surface area contributed by atoms with Crippen LogP contribution in [-0.2, 0) is 16.1 Å². The number of nitrogens with one attached hydrogen (secondary N) is 1. The Kier molecular flexibility index (Phi) is 6.68. The van der Waals surface area contributed by atoms with Gasteiger partial charge in [-0.25, -0.2) is 0 Å². The molecule has 1 fully saturated rings. The summed E-state index contributed by atoms with van der Waals surface area (Å²) in [6.07, 6.45) is 0. The van der Waals surface area contributed by atoms with E-state index in [-0.39, 0.29) is 5.91 Å². The first-order valence-corrected chi connectivity index (χ1v) is 9.19. The van der Waals surface area contributed by atoms with Gasteiger partial charge in [-0.3, -0.25) is 9.69 Å². The minimum Gasteiger partial charge on any atom is -0.497 e. The predicted molar refractivity (Wildman–Crippen MR) is 107 cm³/mol. The van der Waals surface area contributed by atoms with E-state index in [1.54, 1.807) is 7.11 Å². The number of rotatable bonds is 7. The van der Waals surface area contributed by atoms with Gasteiger partial charge in [-0.05, 0) is 30.8 Å². The maximum absolute atomic E-state index is 12.4. The van der Waals surface area contributed by atoms with Crippen LogP contribution < -0.4 is 15.0 Å². The molecule has 1 aliphatic rings. The smallest absolute Gasteiger partial charge is 0.238 e. The van der Waals surface area contributed by atoms with Gasteiger partial charge in [0.15, 0.2) is 0 Å². The number of nitrogens with zero attached hydrogens (tertiary/aromatic N) is 2. The minimum atomic E-state index is -0.0467. The Morgan fingerprint density at radius 3 is 2.74 bits per heavy atom. The van der Waals surface area contributed by atoms with Gasteiger partial charge in [-0.1, -0.05) is 24.3 Å². The molecule has 2 aromatic rings. The molecule has 0 aromatic heterocycles. The molecular weight excluding hydrogens is 342 g/mol. The van der Waals surface area contributed by atoms with E-state index in [0.717, 1.165) is 37.7 Å². The molecule has 144 valence electrons. The van der Waals surface area contributed by atoms with Crippen LogP contribution in [0.3, 0.4) is 0 Å². The van der Waals surface area contributed by atoms with Gasteiger partial charge in [0.1, 0.15) is 5.75 Å². The third-order valence-corrected chi connectivity index (χ3v) is 4.55. The third kappa shape index (κ3) is 5.45. The molecule has 0 bridgehead atoms. The Hall–Kier alpha value is -2.57. The normalized spacial score (nSPS) is 14.3. The molecule has 6 nitrogen and oxygen atoms in total. The summed E-state index contributed by atoms with van der Waals surface area (Å²) in [5.41, 5.74) is 3.18. The molecule has 3 rings (SSSR count). The van der Waals surface area contributed by atoms with E-state index in [1.165, 1.54) is 11.3 Å². The highest BCUT2D eigenvalue weighted by atomic mass is 16.5. The standard InChI is InChI=1S/C21H27N3O3/c1-23(16-21(25)22-18-7-5-8-19(14-18)26-2)15-17-6-3-4-9-20(17)24-10-12-27-13-11-24/h3-9,14H,10-13,15-16H2,1-2H3,(H,22,25). The average molecular weight is 369 g/mol. The highest BCUT2D eigenvalue weighted by Gasteiger charge is 2.16. The summed E-state index contributed by atoms with van der Waals surface area (Å²) in [6.45, 7) is 4.34. The van der Waals surface area contributed by atoms with Crippen molar-refractivity contribution in [2.45, 2.75) is 6.54 Å². The van der Waals surface area contributed by atoms with Crippen LogP contribution in [0.15, 0.2) is 48.5 Å². The van der Waals surface area contributed by atoms with E-state index in [0.29, 0.717) is 13.1 Å². The van der Waals surface area contributed by atoms with Crippen molar-refractivity contribution < 1.29 is 14.3 Å². The number of para-hydroxylation sites is 1. The van der Waals surface area contributed by atoms with Gasteiger partial charge < -0.3 is 19.7 Å². The fourth-order valence-corrected chi connectivity index (χ4v) is 3.25. The van der Waals surface area contributed by atoms with E-state index in [4.69, 9.17) is 9.47 Å². The third-order valence-electron chi connectivity index (χ3n) is 4.55. The first kappa shape index (κ1) is 19.2. The van der Waals surface area contributed by atoms with Gasteiger partial charge in [-0.15, -0.1) is 0 Å². The van der Waals surface area contributed by atoms with Crippen LogP contribution in [0.1, 0.15) is 5.56 Å². The van der Waals surface area contributed by atoms with Crippen LogP contribution in [0, 0.1) is 0 Å². The first-order valence-electron chi connectivity index (χ1n) is 9.19. The second kappa shape index (κ2) is 9.39. The summed E-state index contributed by atoms with van der Waals surface area (Å²) in [6, 6.07) is 15.8. The topological polar surface area (TPSA) is 54.0 Å². The Labute approximate surface area is 160 Å². The Balaban J connectivity index is 1.58. The maximum Gasteiger partial charge on any atom is 0.238 e. The van der Waals surface area contributed by atoms with E-state index in [9.17, 15) is 4.79 Å². The number of anilines is 2. The van der Waals surface area contributed by atoms with Crippen LogP contribution in [0.25, 0.3) is 0 Å². The van der Waals surface area contributed by atoms with Gasteiger partial charge >= 0.3 is 0 Å². The zero-order valence-corrected chi connectivity index (χ0v) is 16.0. The van der Waals surface area contributed by atoms with Gasteiger partial charge in [0, 0.05) is 37.1 Å². The predicted octanol–water partition coefficient (Wildman–Crippen LogP) is 2.60. The van der Waals surface area contributed by atoms with Gasteiger partial charge in [-0.2, -0.15) is 0 Å². The highest BCUT2D eigenvalue weighted by molar-refractivity contribution is 5.92. The van der Waals surface area contributed by atoms with Crippen LogP contribution in [-0.4, -0.2) is 57.8 Å². The van der Waals surface area contributed by atoms with Crippen LogP contribution in [0.4, 0.5) is 11.4 Å². The molecule has 1 aliphatic heterocycles. The molecule has 2 aromatic carbocycles. The number of likely N-dealkylation sites (N-methyl/N-ethyl adjacent to an activating group) is 1. The largest absolute Gasteiger partial charge is 0.497 e. The Bertz CT molecular complexity index is 760. The zero-order valence-electron chi connectivity index (χ0n) is 16.0. The molecule has 0 aliphatic carbocycles. The summed E-state index contributed by atoms with van der Waals surface area (Å²) in [4.78, 5) is 16.8. The average Bonchev–Trinajstić information content (AvgIpc) is 2.69. The van der Waals surface area contributed by atoms with Crippen molar-refractivity contribution in [3.63, 3.8) is 0 Å². The molecule has 0 radical (unpaired) electrons. The maximum atomic E-state index is 12.4. The van der Waals surface area contributed by atoms with E-state index in [2.05, 4.69) is 28.4 Å². The summed E-state index contributed by atoms with van der Waals surface area (Å²) in [5, 5.41) is 2.92. The summed E-state index contributed by atoms with van der Waals surface area (Å²) in [5.74, 6) is 0.676. The fourth-order valence-electron chi connectivity index (χ4n) is 3.25. The number of carbonyl (C=O) groups excluding carboxylic acids is 1. The Morgan fingerprint density at radius 2 is 1.96 bits per heavy atom. The van der Waals surface area contributed by atoms with Crippen molar-refractivity contribution in [2.24, 2.45) is 0 Å². The van der Waals surface area contributed by atoms with E-state index >= 15 is 0 Å². The quantitative estimate of drug-likeness (QED) is 0.813. The van der Waals surface area contributed by atoms with E-state index < -0.39 is 0 Å². The van der Waals surface area contributed by atoms with Gasteiger partial charge in [0.05, 0.1) is 26.9 Å². The molecule has 0 unspecified atom stereocenters. The van der Waals surface area contributed by atoms with Gasteiger partial charge in [0.2, 0.25) is 5.91 Å². The van der Waals surface area contributed by atoms with Crippen LogP contribution in [0.5, 0.6) is 5.75 Å². The lowest BCUT2D eigenvalue weighted by atomic mass is 10.1. The molecule has 1 saturated heterocycles.